The maximum atomic E-state index is 12.9. The van der Waals surface area contributed by atoms with Crippen LogP contribution < -0.4 is 0 Å². The van der Waals surface area contributed by atoms with Crippen molar-refractivity contribution >= 4 is 11.9 Å². The molecule has 0 spiro atoms. The highest BCUT2D eigenvalue weighted by atomic mass is 19.1. The number of hydrogen-bond acceptors (Lipinski definition) is 4. The van der Waals surface area contributed by atoms with Gasteiger partial charge < -0.3 is 9.64 Å². The van der Waals surface area contributed by atoms with Crippen molar-refractivity contribution in [2.24, 2.45) is 0 Å². The molecule has 0 saturated carbocycles. The molecule has 0 radical (unpaired) electrons. The molecule has 6 heteroatoms. The van der Waals surface area contributed by atoms with Crippen LogP contribution in [-0.2, 0) is 9.53 Å². The Kier molecular flexibility index (Phi) is 5.27. The first-order valence-corrected chi connectivity index (χ1v) is 6.94. The second kappa shape index (κ2) is 7.17. The molecule has 0 aliphatic carbocycles. The lowest BCUT2D eigenvalue weighted by atomic mass is 10.1. The van der Waals surface area contributed by atoms with Gasteiger partial charge in [0.15, 0.2) is 0 Å². The number of nitrogens with zero attached hydrogens (tertiary/aromatic N) is 2. The summed E-state index contributed by atoms with van der Waals surface area (Å²) < 4.78 is 17.5. The van der Waals surface area contributed by atoms with Crippen LogP contribution in [0.2, 0.25) is 0 Å². The lowest BCUT2D eigenvalue weighted by Gasteiger charge is -2.34. The molecule has 1 aliphatic heterocycles. The van der Waals surface area contributed by atoms with Gasteiger partial charge in [-0.2, -0.15) is 0 Å². The van der Waals surface area contributed by atoms with E-state index < -0.39 is 0 Å². The summed E-state index contributed by atoms with van der Waals surface area (Å²) in [4.78, 5) is 27.2. The van der Waals surface area contributed by atoms with Crippen LogP contribution in [0.1, 0.15) is 16.8 Å². The van der Waals surface area contributed by atoms with Crippen molar-refractivity contribution in [2.75, 3.05) is 39.8 Å². The smallest absolute Gasteiger partial charge is 0.306 e. The summed E-state index contributed by atoms with van der Waals surface area (Å²) in [5.41, 5.74) is 0.499. The summed E-state index contributed by atoms with van der Waals surface area (Å²) in [7, 11) is 1.38. The number of carbonyl (C=O) groups is 2. The quantitative estimate of drug-likeness (QED) is 0.782. The summed E-state index contributed by atoms with van der Waals surface area (Å²) in [6.07, 6.45) is 0.364. The van der Waals surface area contributed by atoms with Gasteiger partial charge in [0.05, 0.1) is 13.5 Å². The number of amides is 1. The van der Waals surface area contributed by atoms with Crippen LogP contribution in [0.25, 0.3) is 0 Å². The second-order valence-electron chi connectivity index (χ2n) is 4.97. The molecule has 5 nitrogen and oxygen atoms in total. The topological polar surface area (TPSA) is 49.9 Å². The molecule has 0 unspecified atom stereocenters. The molecule has 0 atom stereocenters. The molecule has 1 saturated heterocycles. The summed E-state index contributed by atoms with van der Waals surface area (Å²) in [5, 5.41) is 0. The molecule has 0 N–H and O–H groups in total. The van der Waals surface area contributed by atoms with Crippen LogP contribution in [0.4, 0.5) is 4.39 Å². The molecule has 1 heterocycles. The van der Waals surface area contributed by atoms with Gasteiger partial charge in [0.25, 0.3) is 5.91 Å². The number of benzene rings is 1. The van der Waals surface area contributed by atoms with Gasteiger partial charge in [0.1, 0.15) is 5.82 Å². The molecule has 114 valence electrons. The first-order chi connectivity index (χ1) is 10.1. The van der Waals surface area contributed by atoms with Crippen molar-refractivity contribution in [3.63, 3.8) is 0 Å². The van der Waals surface area contributed by atoms with Crippen molar-refractivity contribution in [2.45, 2.75) is 6.42 Å². The fraction of sp³-hybridized carbons (Fsp3) is 0.467. The zero-order valence-corrected chi connectivity index (χ0v) is 12.0. The van der Waals surface area contributed by atoms with Crippen molar-refractivity contribution in [1.29, 1.82) is 0 Å². The van der Waals surface area contributed by atoms with E-state index in [0.29, 0.717) is 31.6 Å². The Balaban J connectivity index is 1.82. The van der Waals surface area contributed by atoms with Crippen LogP contribution in [0.3, 0.4) is 0 Å². The van der Waals surface area contributed by atoms with Crippen molar-refractivity contribution in [3.05, 3.63) is 35.6 Å². The van der Waals surface area contributed by atoms with Gasteiger partial charge in [-0.25, -0.2) is 4.39 Å². The Morgan fingerprint density at radius 1 is 1.14 bits per heavy atom. The Morgan fingerprint density at radius 3 is 2.33 bits per heavy atom. The fourth-order valence-electron chi connectivity index (χ4n) is 2.30. The van der Waals surface area contributed by atoms with Crippen molar-refractivity contribution in [1.82, 2.24) is 9.80 Å². The molecular formula is C15H19FN2O3. The van der Waals surface area contributed by atoms with E-state index in [4.69, 9.17) is 0 Å². The van der Waals surface area contributed by atoms with Gasteiger partial charge >= 0.3 is 5.97 Å². The van der Waals surface area contributed by atoms with Gasteiger partial charge in [-0.1, -0.05) is 0 Å². The second-order valence-corrected chi connectivity index (χ2v) is 4.97. The third-order valence-electron chi connectivity index (χ3n) is 3.61. The molecule has 1 aromatic rings. The summed E-state index contributed by atoms with van der Waals surface area (Å²) in [5.74, 6) is -0.651. The lowest BCUT2D eigenvalue weighted by Crippen LogP contribution is -2.49. The van der Waals surface area contributed by atoms with E-state index in [2.05, 4.69) is 9.64 Å². The minimum atomic E-state index is -0.348. The first kappa shape index (κ1) is 15.4. The predicted octanol–water partition coefficient (Wildman–Crippen LogP) is 1.15. The Morgan fingerprint density at radius 2 is 1.76 bits per heavy atom. The van der Waals surface area contributed by atoms with Crippen LogP contribution >= 0.6 is 0 Å². The number of ether oxygens (including phenoxy) is 1. The number of esters is 1. The van der Waals surface area contributed by atoms with Gasteiger partial charge in [-0.05, 0) is 24.3 Å². The number of hydrogen-bond donors (Lipinski definition) is 0. The molecular weight excluding hydrogens is 275 g/mol. The van der Waals surface area contributed by atoms with E-state index >= 15 is 0 Å². The van der Waals surface area contributed by atoms with E-state index in [1.165, 1.54) is 31.4 Å². The standard InChI is InChI=1S/C15H19FN2O3/c1-21-14(19)6-7-17-8-10-18(11-9-17)15(20)12-2-4-13(16)5-3-12/h2-5H,6-11H2,1H3. The van der Waals surface area contributed by atoms with Gasteiger partial charge in [-0.15, -0.1) is 0 Å². The van der Waals surface area contributed by atoms with E-state index in [-0.39, 0.29) is 17.7 Å². The van der Waals surface area contributed by atoms with Crippen molar-refractivity contribution < 1.29 is 18.7 Å². The molecule has 1 aromatic carbocycles. The number of piperazine rings is 1. The van der Waals surface area contributed by atoms with Crippen LogP contribution in [0.5, 0.6) is 0 Å². The van der Waals surface area contributed by atoms with E-state index in [9.17, 15) is 14.0 Å². The molecule has 21 heavy (non-hydrogen) atoms. The maximum absolute atomic E-state index is 12.9. The van der Waals surface area contributed by atoms with E-state index in [1.54, 1.807) is 4.90 Å². The van der Waals surface area contributed by atoms with Crippen LogP contribution in [-0.4, -0.2) is 61.5 Å². The Labute approximate surface area is 123 Å². The molecule has 1 aliphatic rings. The first-order valence-electron chi connectivity index (χ1n) is 6.94. The highest BCUT2D eigenvalue weighted by molar-refractivity contribution is 5.94. The number of carbonyl (C=O) groups excluding carboxylic acids is 2. The Bertz CT molecular complexity index is 496. The summed E-state index contributed by atoms with van der Waals surface area (Å²) in [6, 6.07) is 5.59. The number of methoxy groups -OCH3 is 1. The SMILES string of the molecule is COC(=O)CCN1CCN(C(=O)c2ccc(F)cc2)CC1. The maximum Gasteiger partial charge on any atom is 0.306 e. The average molecular weight is 294 g/mol. The highest BCUT2D eigenvalue weighted by Gasteiger charge is 2.22. The minimum absolute atomic E-state index is 0.0809. The zero-order valence-electron chi connectivity index (χ0n) is 12.0. The average Bonchev–Trinajstić information content (AvgIpc) is 2.53. The van der Waals surface area contributed by atoms with Gasteiger partial charge in [0.2, 0.25) is 0 Å². The highest BCUT2D eigenvalue weighted by Crippen LogP contribution is 2.10. The largest absolute Gasteiger partial charge is 0.469 e. The molecule has 2 rings (SSSR count). The molecule has 0 aromatic heterocycles. The summed E-state index contributed by atoms with van der Waals surface area (Å²) in [6.45, 7) is 3.31. The lowest BCUT2D eigenvalue weighted by molar-refractivity contribution is -0.141. The number of rotatable bonds is 4. The fourth-order valence-corrected chi connectivity index (χ4v) is 2.30. The van der Waals surface area contributed by atoms with E-state index in [0.717, 1.165) is 13.1 Å². The minimum Gasteiger partial charge on any atom is -0.469 e. The van der Waals surface area contributed by atoms with E-state index in [1.807, 2.05) is 0 Å². The summed E-state index contributed by atoms with van der Waals surface area (Å²) >= 11 is 0. The number of halogens is 1. The monoisotopic (exact) mass is 294 g/mol. The predicted molar refractivity (Wildman–Crippen MR) is 75.4 cm³/mol. The van der Waals surface area contributed by atoms with Gasteiger partial charge in [-0.3, -0.25) is 14.5 Å². The Hall–Kier alpha value is -1.95. The van der Waals surface area contributed by atoms with Gasteiger partial charge in [0, 0.05) is 38.3 Å². The van der Waals surface area contributed by atoms with Crippen molar-refractivity contribution in [3.8, 4) is 0 Å². The van der Waals surface area contributed by atoms with Crippen LogP contribution in [0.15, 0.2) is 24.3 Å². The third-order valence-corrected chi connectivity index (χ3v) is 3.61. The molecule has 1 amide bonds. The molecule has 0 bridgehead atoms. The third kappa shape index (κ3) is 4.26. The zero-order chi connectivity index (χ0) is 15.2. The molecule has 1 fully saturated rings. The van der Waals surface area contributed by atoms with Crippen LogP contribution in [0, 0.1) is 5.82 Å². The normalized spacial score (nSPS) is 15.8.